The van der Waals surface area contributed by atoms with E-state index in [0.29, 0.717) is 14.5 Å². The molecule has 9 heteroatoms. The molecule has 2 aliphatic rings. The summed E-state index contributed by atoms with van der Waals surface area (Å²) in [6, 6.07) is 20.1. The molecule has 0 N–H and O–H groups in total. The van der Waals surface area contributed by atoms with E-state index >= 15 is 0 Å². The first-order chi connectivity index (χ1) is 26.1. The van der Waals surface area contributed by atoms with E-state index in [2.05, 4.69) is 126 Å². The van der Waals surface area contributed by atoms with Crippen LogP contribution in [0.15, 0.2) is 84.5 Å². The smallest absolute Gasteiger partial charge is 1.00 e. The first-order valence-corrected chi connectivity index (χ1v) is 20.8. The normalized spacial score (nSPS) is 14.7. The van der Waals surface area contributed by atoms with E-state index in [-0.39, 0.29) is 46.8 Å². The number of hydrogen-bond acceptors (Lipinski definition) is 0. The van der Waals surface area contributed by atoms with Crippen molar-refractivity contribution in [3.8, 4) is 11.1 Å². The predicted octanol–water partition coefficient (Wildman–Crippen LogP) is 8.87. The van der Waals surface area contributed by atoms with Gasteiger partial charge in [0.1, 0.15) is 0 Å². The third-order valence-electron chi connectivity index (χ3n) is 10.3. The number of aryl methyl sites for hydroxylation is 2. The molecule has 0 aromatic heterocycles. The Morgan fingerprint density at radius 3 is 1.59 bits per heavy atom. The largest absolute Gasteiger partial charge is 1.00 e. The maximum atomic E-state index is 12.7. The third kappa shape index (κ3) is 13.6. The van der Waals surface area contributed by atoms with Gasteiger partial charge in [0.15, 0.2) is 0 Å². The number of allylic oxidation sites excluding steroid dienone is 4. The molecule has 1 unspecified atom stereocenters. The number of alkyl halides is 6. The molecule has 0 fully saturated rings. The van der Waals surface area contributed by atoms with Gasteiger partial charge in [-0.1, -0.05) is 123 Å². The molecule has 6 rings (SSSR count). The summed E-state index contributed by atoms with van der Waals surface area (Å²) in [5, 5.41) is 0. The topological polar surface area (TPSA) is 0 Å². The Hall–Kier alpha value is -2.73. The zero-order valence-electron chi connectivity index (χ0n) is 36.2. The van der Waals surface area contributed by atoms with Crippen LogP contribution in [0.3, 0.4) is 0 Å². The van der Waals surface area contributed by atoms with E-state index in [4.69, 9.17) is 0 Å². The van der Waals surface area contributed by atoms with Gasteiger partial charge in [-0.15, -0.1) is 16.7 Å². The fourth-order valence-corrected chi connectivity index (χ4v) is 8.11. The molecule has 0 nitrogen and oxygen atoms in total. The molecule has 0 heterocycles. The first kappa shape index (κ1) is 52.4. The second-order valence-electron chi connectivity index (χ2n) is 18.3. The van der Waals surface area contributed by atoms with Crippen molar-refractivity contribution in [3.63, 3.8) is 0 Å². The molecule has 4 aromatic carbocycles. The Bertz CT molecular complexity index is 2030. The summed E-state index contributed by atoms with van der Waals surface area (Å²) in [5.74, 6) is 0.587. The van der Waals surface area contributed by atoms with Gasteiger partial charge in [-0.05, 0) is 35.4 Å². The molecule has 59 heavy (non-hydrogen) atoms. The van der Waals surface area contributed by atoms with Crippen molar-refractivity contribution in [1.29, 1.82) is 0 Å². The standard InChI is InChI=1S/C23H29.C15H8F6.C12H19.2ClH.Zr/c1-14-9-16-11-17-10-15(2)21(23(6,7)8)13-19(17)18(16)12-20(14)22(3,4)5;16-14(17,18)12-5-1-3-10(8-12)7-11-4-2-6-13(9-11)15(19,20)21;1-5-6-10-7-8-11(9-10)12(2,3)4;;;/h9,12-13H,11H2,1-8H3;1-6,8-9H;8-10H,5-6H2,1-4H3;2*1H;/q-1;;-1;;;+2/p-2. The average molecular weight is 933 g/mol. The van der Waals surface area contributed by atoms with Crippen molar-refractivity contribution in [1.82, 2.24) is 0 Å². The summed E-state index contributed by atoms with van der Waals surface area (Å²) < 4.78 is 76.7. The van der Waals surface area contributed by atoms with E-state index in [1.165, 1.54) is 87.2 Å². The third-order valence-corrected chi connectivity index (χ3v) is 11.8. The number of benzene rings is 4. The molecule has 318 valence electrons. The van der Waals surface area contributed by atoms with Crippen LogP contribution in [0.25, 0.3) is 11.1 Å². The fraction of sp³-hybridized carbons (Fsp3) is 0.420. The summed E-state index contributed by atoms with van der Waals surface area (Å²) >= 11 is 0.729. The van der Waals surface area contributed by atoms with Crippen molar-refractivity contribution in [2.24, 2.45) is 11.3 Å². The Morgan fingerprint density at radius 1 is 0.678 bits per heavy atom. The summed E-state index contributed by atoms with van der Waals surface area (Å²) in [6.45, 7) is 27.2. The van der Waals surface area contributed by atoms with Crippen molar-refractivity contribution < 1.29 is 75.4 Å². The van der Waals surface area contributed by atoms with E-state index in [0.717, 1.165) is 54.9 Å². The van der Waals surface area contributed by atoms with Crippen molar-refractivity contribution in [2.75, 3.05) is 0 Å². The minimum atomic E-state index is -4.49. The first-order valence-electron chi connectivity index (χ1n) is 19.6. The van der Waals surface area contributed by atoms with Crippen LogP contribution in [0.2, 0.25) is 0 Å². The molecule has 0 saturated carbocycles. The molecule has 4 aromatic rings. The van der Waals surface area contributed by atoms with Crippen LogP contribution in [0, 0.1) is 37.3 Å². The number of halogens is 8. The van der Waals surface area contributed by atoms with Gasteiger partial charge in [-0.2, -0.15) is 29.3 Å². The quantitative estimate of drug-likeness (QED) is 0.125. The van der Waals surface area contributed by atoms with Gasteiger partial charge in [-0.3, -0.25) is 6.08 Å². The Kier molecular flexibility index (Phi) is 17.7. The molecule has 0 spiro atoms. The van der Waals surface area contributed by atoms with Gasteiger partial charge in [0.2, 0.25) is 0 Å². The zero-order valence-corrected chi connectivity index (χ0v) is 40.2. The van der Waals surface area contributed by atoms with E-state index in [9.17, 15) is 26.3 Å². The summed E-state index contributed by atoms with van der Waals surface area (Å²) in [7, 11) is 0. The summed E-state index contributed by atoms with van der Waals surface area (Å²) in [4.78, 5) is 0. The Morgan fingerprint density at radius 2 is 1.17 bits per heavy atom. The second kappa shape index (κ2) is 20.0. The summed E-state index contributed by atoms with van der Waals surface area (Å²) in [6.07, 6.45) is 2.48. The molecule has 0 radical (unpaired) electrons. The van der Waals surface area contributed by atoms with Crippen LogP contribution in [0.4, 0.5) is 26.3 Å². The maximum Gasteiger partial charge on any atom is -1.00 e. The van der Waals surface area contributed by atoms with Crippen LogP contribution in [0.5, 0.6) is 0 Å². The predicted molar refractivity (Wildman–Crippen MR) is 220 cm³/mol. The fourth-order valence-electron chi connectivity index (χ4n) is 7.35. The molecular weight excluding hydrogens is 877 g/mol. The molecule has 1 atom stereocenters. The number of fused-ring (bicyclic) bond motifs is 3. The van der Waals surface area contributed by atoms with Gasteiger partial charge in [-0.25, -0.2) is 6.08 Å². The summed E-state index contributed by atoms with van der Waals surface area (Å²) in [5.41, 5.74) is 12.3. The number of hydrogen-bond donors (Lipinski definition) is 0. The SMILES string of the molecule is CCCC1[C-]=CC(C(C)(C)C)=C1.Cc1[c-]c2c(cc1C(C)(C)C)-c1cc(C(C)(C)C)c(C)cc1C2.FC(F)(F)c1cccc([C](=[Zr+2])c2cccc(C(F)(F)F)c2)c1.[Cl-].[Cl-]. The Labute approximate surface area is 376 Å². The molecule has 0 bridgehead atoms. The second-order valence-corrected chi connectivity index (χ2v) is 19.5. The molecular formula is C50H56Cl2F6Zr-2. The van der Waals surface area contributed by atoms with Crippen molar-refractivity contribution >= 4 is 3.21 Å². The molecule has 0 aliphatic heterocycles. The monoisotopic (exact) mass is 930 g/mol. The molecule has 2 aliphatic carbocycles. The van der Waals surface area contributed by atoms with Crippen LogP contribution >= 0.6 is 0 Å². The van der Waals surface area contributed by atoms with Gasteiger partial charge >= 0.3 is 137 Å². The van der Waals surface area contributed by atoms with E-state index in [1.807, 2.05) is 0 Å². The van der Waals surface area contributed by atoms with Crippen molar-refractivity contribution in [3.05, 3.63) is 152 Å². The number of rotatable bonds is 4. The van der Waals surface area contributed by atoms with Gasteiger partial charge in [0.25, 0.3) is 0 Å². The van der Waals surface area contributed by atoms with Crippen LogP contribution in [0.1, 0.15) is 138 Å². The Balaban J connectivity index is 0.000000314. The minimum absolute atomic E-state index is 0. The molecule has 0 saturated heterocycles. The minimum Gasteiger partial charge on any atom is -1.00 e. The van der Waals surface area contributed by atoms with Crippen LogP contribution < -0.4 is 24.8 Å². The zero-order chi connectivity index (χ0) is 42.9. The van der Waals surface area contributed by atoms with Crippen molar-refractivity contribution in [2.45, 2.75) is 126 Å². The van der Waals surface area contributed by atoms with Gasteiger partial charge in [0.05, 0.1) is 0 Å². The maximum absolute atomic E-state index is 12.7. The van der Waals surface area contributed by atoms with Gasteiger partial charge in [0, 0.05) is 0 Å². The van der Waals surface area contributed by atoms with Gasteiger partial charge < -0.3 is 24.8 Å². The molecule has 0 amide bonds. The van der Waals surface area contributed by atoms with Crippen LogP contribution in [-0.2, 0) is 53.8 Å². The van der Waals surface area contributed by atoms with E-state index in [1.54, 1.807) is 0 Å². The van der Waals surface area contributed by atoms with Crippen LogP contribution in [-0.4, -0.2) is 3.21 Å². The average Bonchev–Trinajstić information content (AvgIpc) is 3.70. The van der Waals surface area contributed by atoms with E-state index < -0.39 is 23.5 Å².